The third-order valence-electron chi connectivity index (χ3n) is 2.68. The van der Waals surface area contributed by atoms with E-state index in [4.69, 9.17) is 5.73 Å². The van der Waals surface area contributed by atoms with Crippen LogP contribution in [0.3, 0.4) is 0 Å². The first-order valence-electron chi connectivity index (χ1n) is 4.78. The Bertz CT molecular complexity index is 548. The third-order valence-corrected chi connectivity index (χ3v) is 4.74. The van der Waals surface area contributed by atoms with E-state index in [0.717, 1.165) is 5.56 Å². The first-order valence-corrected chi connectivity index (χ1v) is 6.68. The molecule has 4 nitrogen and oxygen atoms in total. The van der Waals surface area contributed by atoms with E-state index in [2.05, 4.69) is 10.6 Å². The van der Waals surface area contributed by atoms with Crippen LogP contribution < -0.4 is 5.73 Å². The lowest BCUT2D eigenvalue weighted by atomic mass is 10.1. The van der Waals surface area contributed by atoms with Crippen molar-refractivity contribution in [2.45, 2.75) is 10.9 Å². The minimum atomic E-state index is -2.35. The van der Waals surface area contributed by atoms with Gasteiger partial charge < -0.3 is 10.5 Å². The standard InChI is InChI=1S/C11H13NO3S/c1-15-11(13)7-3-4-8-9(12)6-16(2,14)10(8)5-7/h3-5,9H,2,6,12H2,1H3. The van der Waals surface area contributed by atoms with Crippen molar-refractivity contribution in [3.05, 3.63) is 29.3 Å². The molecular weight excluding hydrogens is 226 g/mol. The summed E-state index contributed by atoms with van der Waals surface area (Å²) in [4.78, 5) is 11.9. The SMILES string of the molecule is C=S1(=O)CC(N)c2ccc(C(=O)OC)cc21. The van der Waals surface area contributed by atoms with E-state index >= 15 is 0 Å². The maximum absolute atomic E-state index is 12.1. The molecule has 0 fully saturated rings. The van der Waals surface area contributed by atoms with Crippen molar-refractivity contribution < 1.29 is 13.7 Å². The number of hydrogen-bond acceptors (Lipinski definition) is 4. The highest BCUT2D eigenvalue weighted by Gasteiger charge is 2.28. The van der Waals surface area contributed by atoms with Gasteiger partial charge in [0, 0.05) is 16.7 Å². The van der Waals surface area contributed by atoms with Gasteiger partial charge in [0.05, 0.1) is 12.7 Å². The Balaban J connectivity index is 2.59. The van der Waals surface area contributed by atoms with Crippen LogP contribution in [0.2, 0.25) is 0 Å². The van der Waals surface area contributed by atoms with Gasteiger partial charge in [-0.25, -0.2) is 4.79 Å². The lowest BCUT2D eigenvalue weighted by molar-refractivity contribution is 0.0600. The fraction of sp³-hybridized carbons (Fsp3) is 0.273. The quantitative estimate of drug-likeness (QED) is 0.574. The van der Waals surface area contributed by atoms with Crippen molar-refractivity contribution in [2.24, 2.45) is 5.73 Å². The molecule has 0 aliphatic carbocycles. The van der Waals surface area contributed by atoms with Crippen LogP contribution in [0.15, 0.2) is 23.1 Å². The van der Waals surface area contributed by atoms with E-state index < -0.39 is 15.5 Å². The molecule has 5 heteroatoms. The fourth-order valence-corrected chi connectivity index (χ4v) is 3.81. The Morgan fingerprint density at radius 2 is 2.31 bits per heavy atom. The third kappa shape index (κ3) is 1.62. The van der Waals surface area contributed by atoms with Gasteiger partial charge in [0.25, 0.3) is 0 Å². The van der Waals surface area contributed by atoms with Gasteiger partial charge in [0.1, 0.15) is 0 Å². The Labute approximate surface area is 94.4 Å². The van der Waals surface area contributed by atoms with Gasteiger partial charge >= 0.3 is 5.97 Å². The van der Waals surface area contributed by atoms with E-state index in [1.165, 1.54) is 7.11 Å². The van der Waals surface area contributed by atoms with Crippen molar-refractivity contribution in [2.75, 3.05) is 12.9 Å². The van der Waals surface area contributed by atoms with Gasteiger partial charge in [-0.05, 0) is 33.1 Å². The van der Waals surface area contributed by atoms with Crippen LogP contribution in [0.5, 0.6) is 0 Å². The number of hydrogen-bond donors (Lipinski definition) is 1. The number of nitrogens with two attached hydrogens (primary N) is 1. The summed E-state index contributed by atoms with van der Waals surface area (Å²) in [6.45, 7) is 0. The van der Waals surface area contributed by atoms with Crippen LogP contribution in [-0.2, 0) is 14.3 Å². The van der Waals surface area contributed by atoms with Gasteiger partial charge in [0.15, 0.2) is 0 Å². The second kappa shape index (κ2) is 3.61. The second-order valence-electron chi connectivity index (χ2n) is 3.83. The maximum atomic E-state index is 12.1. The smallest absolute Gasteiger partial charge is 0.337 e. The van der Waals surface area contributed by atoms with Crippen LogP contribution in [0, 0.1) is 0 Å². The van der Waals surface area contributed by atoms with E-state index in [-0.39, 0.29) is 6.04 Å². The number of carbonyl (C=O) groups excluding carboxylic acids is 1. The molecule has 0 saturated carbocycles. The number of esters is 1. The Hall–Kier alpha value is -1.33. The molecule has 1 aliphatic rings. The number of carbonyl (C=O) groups is 1. The molecular formula is C11H13NO3S. The zero-order chi connectivity index (χ0) is 11.9. The summed E-state index contributed by atoms with van der Waals surface area (Å²) in [6.07, 6.45) is 0. The van der Waals surface area contributed by atoms with Crippen LogP contribution in [0.1, 0.15) is 22.0 Å². The minimum Gasteiger partial charge on any atom is -0.465 e. The van der Waals surface area contributed by atoms with Crippen molar-refractivity contribution >= 4 is 21.4 Å². The summed E-state index contributed by atoms with van der Waals surface area (Å²) >= 11 is 0. The monoisotopic (exact) mass is 239 g/mol. The molecule has 1 heterocycles. The van der Waals surface area contributed by atoms with Crippen molar-refractivity contribution in [3.8, 4) is 0 Å². The van der Waals surface area contributed by atoms with E-state index in [0.29, 0.717) is 16.2 Å². The highest BCUT2D eigenvalue weighted by Crippen LogP contribution is 2.32. The number of ether oxygens (including phenoxy) is 1. The molecule has 0 aromatic heterocycles. The van der Waals surface area contributed by atoms with Gasteiger partial charge in [0.2, 0.25) is 0 Å². The van der Waals surface area contributed by atoms with Gasteiger partial charge in [-0.1, -0.05) is 6.07 Å². The summed E-state index contributed by atoms with van der Waals surface area (Å²) in [6, 6.07) is 4.67. The zero-order valence-electron chi connectivity index (χ0n) is 8.93. The van der Waals surface area contributed by atoms with E-state index in [1.54, 1.807) is 18.2 Å². The summed E-state index contributed by atoms with van der Waals surface area (Å²) in [5.41, 5.74) is 7.04. The molecule has 2 rings (SSSR count). The average Bonchev–Trinajstić information content (AvgIpc) is 2.48. The second-order valence-corrected chi connectivity index (χ2v) is 6.23. The Kier molecular flexibility index (Phi) is 2.52. The Morgan fingerprint density at radius 3 is 2.94 bits per heavy atom. The predicted octanol–water partition coefficient (Wildman–Crippen LogP) is 0.562. The van der Waals surface area contributed by atoms with E-state index in [9.17, 15) is 9.00 Å². The topological polar surface area (TPSA) is 69.4 Å². The molecule has 1 aromatic rings. The van der Waals surface area contributed by atoms with Gasteiger partial charge in [-0.15, -0.1) is 0 Å². The molecule has 2 unspecified atom stereocenters. The molecule has 0 bridgehead atoms. The van der Waals surface area contributed by atoms with Gasteiger partial charge in [-0.2, -0.15) is 0 Å². The minimum absolute atomic E-state index is 0.258. The summed E-state index contributed by atoms with van der Waals surface area (Å²) in [7, 11) is -1.04. The molecule has 1 aromatic carbocycles. The van der Waals surface area contributed by atoms with Crippen molar-refractivity contribution in [1.82, 2.24) is 0 Å². The number of rotatable bonds is 1. The molecule has 0 saturated heterocycles. The van der Waals surface area contributed by atoms with Gasteiger partial charge in [-0.3, -0.25) is 4.21 Å². The maximum Gasteiger partial charge on any atom is 0.337 e. The molecule has 2 N–H and O–H groups in total. The molecule has 0 spiro atoms. The van der Waals surface area contributed by atoms with Crippen LogP contribution in [0.25, 0.3) is 0 Å². The molecule has 0 amide bonds. The lowest BCUT2D eigenvalue weighted by Crippen LogP contribution is -2.11. The van der Waals surface area contributed by atoms with Crippen molar-refractivity contribution in [3.63, 3.8) is 0 Å². The number of methoxy groups -OCH3 is 1. The molecule has 16 heavy (non-hydrogen) atoms. The van der Waals surface area contributed by atoms with E-state index in [1.807, 2.05) is 0 Å². The van der Waals surface area contributed by atoms with Crippen LogP contribution in [-0.4, -0.2) is 28.9 Å². The van der Waals surface area contributed by atoms with Crippen LogP contribution >= 0.6 is 0 Å². The van der Waals surface area contributed by atoms with Crippen LogP contribution in [0.4, 0.5) is 0 Å². The molecule has 0 radical (unpaired) electrons. The summed E-state index contributed by atoms with van der Waals surface area (Å²) in [5, 5.41) is 0. The first kappa shape index (κ1) is 11.2. The van der Waals surface area contributed by atoms with Crippen molar-refractivity contribution in [1.29, 1.82) is 0 Å². The molecule has 86 valence electrons. The molecule has 1 aliphatic heterocycles. The zero-order valence-corrected chi connectivity index (χ0v) is 9.75. The lowest BCUT2D eigenvalue weighted by Gasteiger charge is -2.05. The number of benzene rings is 1. The highest BCUT2D eigenvalue weighted by molar-refractivity contribution is 8.00. The number of fused-ring (bicyclic) bond motifs is 1. The largest absolute Gasteiger partial charge is 0.465 e. The molecule has 2 atom stereocenters. The Morgan fingerprint density at radius 1 is 1.62 bits per heavy atom. The predicted molar refractivity (Wildman–Crippen MR) is 63.1 cm³/mol. The average molecular weight is 239 g/mol. The fourth-order valence-electron chi connectivity index (χ4n) is 1.88. The summed E-state index contributed by atoms with van der Waals surface area (Å²) in [5.74, 6) is 3.58. The summed E-state index contributed by atoms with van der Waals surface area (Å²) < 4.78 is 16.7. The first-order chi connectivity index (χ1) is 7.45. The highest BCUT2D eigenvalue weighted by atomic mass is 32.2. The normalized spacial score (nSPS) is 27.5.